The fourth-order valence-electron chi connectivity index (χ4n) is 2.25. The average Bonchev–Trinajstić information content (AvgIpc) is 2.39. The Morgan fingerprint density at radius 3 is 3.17 bits per heavy atom. The Morgan fingerprint density at radius 2 is 2.33 bits per heavy atom. The summed E-state index contributed by atoms with van der Waals surface area (Å²) in [7, 11) is 1.60. The molecule has 4 nitrogen and oxygen atoms in total. The van der Waals surface area contributed by atoms with Gasteiger partial charge in [-0.05, 0) is 19.0 Å². The van der Waals surface area contributed by atoms with E-state index in [4.69, 9.17) is 9.47 Å². The third kappa shape index (κ3) is 3.45. The van der Waals surface area contributed by atoms with Crippen molar-refractivity contribution in [1.29, 1.82) is 0 Å². The van der Waals surface area contributed by atoms with E-state index in [0.29, 0.717) is 19.1 Å². The minimum absolute atomic E-state index is 0.324. The maximum atomic E-state index is 9.58. The van der Waals surface area contributed by atoms with Gasteiger partial charge >= 0.3 is 0 Å². The van der Waals surface area contributed by atoms with Gasteiger partial charge in [-0.3, -0.25) is 0 Å². The van der Waals surface area contributed by atoms with E-state index in [1.807, 2.05) is 18.2 Å². The Labute approximate surface area is 108 Å². The molecule has 0 radical (unpaired) electrons. The van der Waals surface area contributed by atoms with Crippen molar-refractivity contribution < 1.29 is 14.6 Å². The van der Waals surface area contributed by atoms with Crippen molar-refractivity contribution in [1.82, 2.24) is 5.32 Å². The van der Waals surface area contributed by atoms with Crippen molar-refractivity contribution in [3.63, 3.8) is 0 Å². The molecule has 0 aromatic heterocycles. The number of methoxy groups -OCH3 is 1. The fraction of sp³-hybridized carbons (Fsp3) is 0.571. The fourth-order valence-corrected chi connectivity index (χ4v) is 2.25. The number of rotatable bonds is 6. The summed E-state index contributed by atoms with van der Waals surface area (Å²) in [6.07, 6.45) is 1.28. The highest BCUT2D eigenvalue weighted by atomic mass is 16.5. The van der Waals surface area contributed by atoms with Gasteiger partial charge in [-0.2, -0.15) is 0 Å². The summed E-state index contributed by atoms with van der Waals surface area (Å²) in [6.45, 7) is 1.92. The van der Waals surface area contributed by atoms with Crippen molar-refractivity contribution in [2.75, 3.05) is 26.9 Å². The first-order valence-corrected chi connectivity index (χ1v) is 6.43. The Morgan fingerprint density at radius 1 is 1.50 bits per heavy atom. The number of ether oxygens (including phenoxy) is 2. The maximum Gasteiger partial charge on any atom is 0.124 e. The Kier molecular flexibility index (Phi) is 4.99. The molecule has 2 unspecified atom stereocenters. The predicted octanol–water partition coefficient (Wildman–Crippen LogP) is 1.50. The number of hydrogen-bond donors (Lipinski definition) is 2. The molecular weight excluding hydrogens is 230 g/mol. The molecule has 1 aromatic rings. The molecule has 2 rings (SSSR count). The van der Waals surface area contributed by atoms with Gasteiger partial charge in [0.1, 0.15) is 5.75 Å². The van der Waals surface area contributed by atoms with Crippen molar-refractivity contribution >= 4 is 0 Å². The normalized spacial score (nSPS) is 20.0. The minimum atomic E-state index is -0.391. The van der Waals surface area contributed by atoms with Crippen LogP contribution in [0.25, 0.3) is 0 Å². The number of hydrogen-bond acceptors (Lipinski definition) is 4. The van der Waals surface area contributed by atoms with Crippen LogP contribution in [0.3, 0.4) is 0 Å². The topological polar surface area (TPSA) is 50.7 Å². The van der Waals surface area contributed by atoms with E-state index < -0.39 is 6.10 Å². The lowest BCUT2D eigenvalue weighted by molar-refractivity contribution is 0.0586. The number of para-hydroxylation sites is 1. The Hall–Kier alpha value is -1.10. The number of benzene rings is 1. The number of aliphatic hydroxyl groups is 1. The molecule has 100 valence electrons. The standard InChI is InChI=1S/C14H21NO3/c1-17-10-11(16)6-8-15-13-7-9-18-14-5-3-2-4-12(13)14/h2-5,11,13,15-16H,6-10H2,1H3. The summed E-state index contributed by atoms with van der Waals surface area (Å²) in [6, 6.07) is 8.44. The van der Waals surface area contributed by atoms with E-state index in [0.717, 1.165) is 25.3 Å². The Bertz CT molecular complexity index is 370. The molecule has 1 aliphatic heterocycles. The van der Waals surface area contributed by atoms with E-state index in [2.05, 4.69) is 11.4 Å². The van der Waals surface area contributed by atoms with Gasteiger partial charge in [-0.15, -0.1) is 0 Å². The van der Waals surface area contributed by atoms with E-state index in [9.17, 15) is 5.11 Å². The van der Waals surface area contributed by atoms with Crippen LogP contribution in [0, 0.1) is 0 Å². The van der Waals surface area contributed by atoms with Crippen LogP contribution in [0.4, 0.5) is 0 Å². The van der Waals surface area contributed by atoms with Crippen LogP contribution in [-0.2, 0) is 4.74 Å². The third-order valence-corrected chi connectivity index (χ3v) is 3.19. The quantitative estimate of drug-likeness (QED) is 0.804. The molecule has 0 saturated heterocycles. The summed E-state index contributed by atoms with van der Waals surface area (Å²) in [5.74, 6) is 0.971. The van der Waals surface area contributed by atoms with Gasteiger partial charge in [0.05, 0.1) is 19.3 Å². The Balaban J connectivity index is 1.84. The van der Waals surface area contributed by atoms with Crippen LogP contribution in [0.2, 0.25) is 0 Å². The summed E-state index contributed by atoms with van der Waals surface area (Å²) in [4.78, 5) is 0. The number of aliphatic hydroxyl groups excluding tert-OH is 1. The zero-order chi connectivity index (χ0) is 12.8. The molecule has 0 spiro atoms. The van der Waals surface area contributed by atoms with Crippen LogP contribution in [-0.4, -0.2) is 38.1 Å². The largest absolute Gasteiger partial charge is 0.493 e. The highest BCUT2D eigenvalue weighted by Crippen LogP contribution is 2.31. The van der Waals surface area contributed by atoms with Crippen molar-refractivity contribution in [3.05, 3.63) is 29.8 Å². The lowest BCUT2D eigenvalue weighted by Gasteiger charge is -2.27. The van der Waals surface area contributed by atoms with Gasteiger partial charge < -0.3 is 19.9 Å². The molecular formula is C14H21NO3. The number of fused-ring (bicyclic) bond motifs is 1. The third-order valence-electron chi connectivity index (χ3n) is 3.19. The highest BCUT2D eigenvalue weighted by Gasteiger charge is 2.20. The minimum Gasteiger partial charge on any atom is -0.493 e. The molecule has 0 bridgehead atoms. The molecule has 0 aliphatic carbocycles. The van der Waals surface area contributed by atoms with Crippen LogP contribution in [0.15, 0.2) is 24.3 Å². The molecule has 1 aliphatic rings. The highest BCUT2D eigenvalue weighted by molar-refractivity contribution is 5.37. The van der Waals surface area contributed by atoms with E-state index in [1.54, 1.807) is 7.11 Å². The second kappa shape index (κ2) is 6.73. The first kappa shape index (κ1) is 13.3. The van der Waals surface area contributed by atoms with Gasteiger partial charge in [0.25, 0.3) is 0 Å². The van der Waals surface area contributed by atoms with Crippen molar-refractivity contribution in [2.24, 2.45) is 0 Å². The van der Waals surface area contributed by atoms with E-state index in [1.165, 1.54) is 5.56 Å². The lowest BCUT2D eigenvalue weighted by Crippen LogP contribution is -2.30. The second-order valence-corrected chi connectivity index (χ2v) is 4.58. The SMILES string of the molecule is COCC(O)CCNC1CCOc2ccccc21. The molecule has 0 fully saturated rings. The lowest BCUT2D eigenvalue weighted by atomic mass is 10.0. The van der Waals surface area contributed by atoms with E-state index >= 15 is 0 Å². The second-order valence-electron chi connectivity index (χ2n) is 4.58. The van der Waals surface area contributed by atoms with Gasteiger partial charge in [0, 0.05) is 25.1 Å². The molecule has 2 N–H and O–H groups in total. The molecule has 1 aromatic carbocycles. The first-order chi connectivity index (χ1) is 8.81. The van der Waals surface area contributed by atoms with Crippen molar-refractivity contribution in [3.8, 4) is 5.75 Å². The molecule has 18 heavy (non-hydrogen) atoms. The first-order valence-electron chi connectivity index (χ1n) is 6.43. The number of nitrogens with one attached hydrogen (secondary N) is 1. The van der Waals surface area contributed by atoms with E-state index in [-0.39, 0.29) is 0 Å². The predicted molar refractivity (Wildman–Crippen MR) is 69.8 cm³/mol. The van der Waals surface area contributed by atoms with Gasteiger partial charge in [0.15, 0.2) is 0 Å². The van der Waals surface area contributed by atoms with Gasteiger partial charge in [0.2, 0.25) is 0 Å². The molecule has 0 amide bonds. The monoisotopic (exact) mass is 251 g/mol. The van der Waals surface area contributed by atoms with Gasteiger partial charge in [-0.1, -0.05) is 18.2 Å². The molecule has 2 atom stereocenters. The summed E-state index contributed by atoms with van der Waals surface area (Å²) >= 11 is 0. The molecule has 1 heterocycles. The zero-order valence-electron chi connectivity index (χ0n) is 10.8. The zero-order valence-corrected chi connectivity index (χ0v) is 10.8. The molecule has 4 heteroatoms. The molecule has 0 saturated carbocycles. The van der Waals surface area contributed by atoms with Crippen LogP contribution < -0.4 is 10.1 Å². The van der Waals surface area contributed by atoms with Crippen LogP contribution in [0.1, 0.15) is 24.4 Å². The summed E-state index contributed by atoms with van der Waals surface area (Å²) < 4.78 is 10.5. The smallest absolute Gasteiger partial charge is 0.124 e. The maximum absolute atomic E-state index is 9.58. The van der Waals surface area contributed by atoms with Crippen molar-refractivity contribution in [2.45, 2.75) is 25.0 Å². The summed E-state index contributed by atoms with van der Waals surface area (Å²) in [5.41, 5.74) is 1.21. The average molecular weight is 251 g/mol. The van der Waals surface area contributed by atoms with Crippen LogP contribution in [0.5, 0.6) is 5.75 Å². The van der Waals surface area contributed by atoms with Gasteiger partial charge in [-0.25, -0.2) is 0 Å². The van der Waals surface area contributed by atoms with Crippen LogP contribution >= 0.6 is 0 Å². The summed E-state index contributed by atoms with van der Waals surface area (Å²) in [5, 5.41) is 13.1.